The van der Waals surface area contributed by atoms with E-state index in [0.717, 1.165) is 11.3 Å². The minimum atomic E-state index is -1.16. The van der Waals surface area contributed by atoms with Crippen LogP contribution < -0.4 is 4.74 Å². The lowest BCUT2D eigenvalue weighted by molar-refractivity contribution is -0.149. The molecule has 18 heavy (non-hydrogen) atoms. The molecular formula is C14H18O4. The first-order valence-electron chi connectivity index (χ1n) is 5.67. The lowest BCUT2D eigenvalue weighted by Crippen LogP contribution is -2.36. The van der Waals surface area contributed by atoms with Gasteiger partial charge in [-0.25, -0.2) is 0 Å². The topological polar surface area (TPSA) is 52.6 Å². The summed E-state index contributed by atoms with van der Waals surface area (Å²) < 4.78 is 10.2. The van der Waals surface area contributed by atoms with Gasteiger partial charge < -0.3 is 9.47 Å². The third-order valence-electron chi connectivity index (χ3n) is 2.60. The standard InChI is InChI=1S/C14H18O4/c1-9-8-11(6-7-12(9)17-5)13(16)14(3,4)18-10(2)15/h6-8H,1-5H3. The van der Waals surface area contributed by atoms with Crippen LogP contribution in [0.1, 0.15) is 36.7 Å². The van der Waals surface area contributed by atoms with E-state index in [1.165, 1.54) is 6.92 Å². The van der Waals surface area contributed by atoms with Gasteiger partial charge >= 0.3 is 5.97 Å². The van der Waals surface area contributed by atoms with E-state index in [1.807, 2.05) is 6.92 Å². The maximum Gasteiger partial charge on any atom is 0.303 e. The number of carbonyl (C=O) groups is 2. The van der Waals surface area contributed by atoms with Crippen molar-refractivity contribution in [3.8, 4) is 5.75 Å². The maximum absolute atomic E-state index is 12.2. The average molecular weight is 250 g/mol. The molecule has 0 aliphatic carbocycles. The quantitative estimate of drug-likeness (QED) is 0.608. The highest BCUT2D eigenvalue weighted by Crippen LogP contribution is 2.23. The molecule has 0 fully saturated rings. The minimum absolute atomic E-state index is 0.233. The van der Waals surface area contributed by atoms with E-state index in [4.69, 9.17) is 9.47 Å². The Balaban J connectivity index is 3.04. The fourth-order valence-corrected chi connectivity index (χ4v) is 1.77. The lowest BCUT2D eigenvalue weighted by atomic mass is 9.95. The van der Waals surface area contributed by atoms with Crippen LogP contribution in [-0.4, -0.2) is 24.5 Å². The highest BCUT2D eigenvalue weighted by Gasteiger charge is 2.32. The number of carbonyl (C=O) groups excluding carboxylic acids is 2. The van der Waals surface area contributed by atoms with Gasteiger partial charge in [0.05, 0.1) is 7.11 Å². The first-order chi connectivity index (χ1) is 8.27. The number of Topliss-reactive ketones (excluding diaryl/α,β-unsaturated/α-hetero) is 1. The zero-order chi connectivity index (χ0) is 13.9. The summed E-state index contributed by atoms with van der Waals surface area (Å²) in [7, 11) is 1.58. The zero-order valence-corrected chi connectivity index (χ0v) is 11.4. The molecule has 0 aliphatic rings. The molecule has 1 aromatic carbocycles. The predicted octanol–water partition coefficient (Wildman–Crippen LogP) is 2.53. The summed E-state index contributed by atoms with van der Waals surface area (Å²) in [4.78, 5) is 23.2. The van der Waals surface area contributed by atoms with Crippen LogP contribution in [0.15, 0.2) is 18.2 Å². The molecule has 0 radical (unpaired) electrons. The SMILES string of the molecule is COc1ccc(C(=O)C(C)(C)OC(C)=O)cc1C. The molecule has 98 valence electrons. The van der Waals surface area contributed by atoms with Crippen LogP contribution in [0.5, 0.6) is 5.75 Å². The fourth-order valence-electron chi connectivity index (χ4n) is 1.77. The first-order valence-corrected chi connectivity index (χ1v) is 5.67. The Morgan fingerprint density at radius 3 is 2.28 bits per heavy atom. The Bertz CT molecular complexity index is 475. The molecular weight excluding hydrogens is 232 g/mol. The second-order valence-corrected chi connectivity index (χ2v) is 4.62. The van der Waals surface area contributed by atoms with Crippen LogP contribution in [0, 0.1) is 6.92 Å². The van der Waals surface area contributed by atoms with E-state index < -0.39 is 11.6 Å². The fraction of sp³-hybridized carbons (Fsp3) is 0.429. The van der Waals surface area contributed by atoms with Gasteiger partial charge in [0.2, 0.25) is 5.78 Å². The largest absolute Gasteiger partial charge is 0.496 e. The molecule has 0 N–H and O–H groups in total. The summed E-state index contributed by atoms with van der Waals surface area (Å²) in [6.45, 7) is 6.30. The molecule has 0 unspecified atom stereocenters. The van der Waals surface area contributed by atoms with Crippen molar-refractivity contribution < 1.29 is 19.1 Å². The molecule has 1 aromatic rings. The smallest absolute Gasteiger partial charge is 0.303 e. The number of methoxy groups -OCH3 is 1. The number of esters is 1. The van der Waals surface area contributed by atoms with Crippen molar-refractivity contribution in [2.75, 3.05) is 7.11 Å². The monoisotopic (exact) mass is 250 g/mol. The Hall–Kier alpha value is -1.84. The number of ketones is 1. The van der Waals surface area contributed by atoms with Crippen LogP contribution >= 0.6 is 0 Å². The molecule has 4 heteroatoms. The second-order valence-electron chi connectivity index (χ2n) is 4.62. The highest BCUT2D eigenvalue weighted by molar-refractivity contribution is 6.03. The number of ether oxygens (including phenoxy) is 2. The molecule has 4 nitrogen and oxygen atoms in total. The highest BCUT2D eigenvalue weighted by atomic mass is 16.6. The minimum Gasteiger partial charge on any atom is -0.496 e. The summed E-state index contributed by atoms with van der Waals surface area (Å²) in [5, 5.41) is 0. The lowest BCUT2D eigenvalue weighted by Gasteiger charge is -2.23. The van der Waals surface area contributed by atoms with Gasteiger partial charge in [-0.05, 0) is 44.5 Å². The van der Waals surface area contributed by atoms with Gasteiger partial charge in [0.1, 0.15) is 5.75 Å². The normalized spacial score (nSPS) is 10.9. The zero-order valence-electron chi connectivity index (χ0n) is 11.4. The van der Waals surface area contributed by atoms with E-state index >= 15 is 0 Å². The van der Waals surface area contributed by atoms with Gasteiger partial charge in [-0.15, -0.1) is 0 Å². The van der Waals surface area contributed by atoms with Crippen molar-refractivity contribution in [1.82, 2.24) is 0 Å². The molecule has 0 saturated heterocycles. The Morgan fingerprint density at radius 2 is 1.83 bits per heavy atom. The number of benzene rings is 1. The van der Waals surface area contributed by atoms with Crippen LogP contribution in [0.25, 0.3) is 0 Å². The van der Waals surface area contributed by atoms with Crippen molar-refractivity contribution in [3.63, 3.8) is 0 Å². The van der Waals surface area contributed by atoms with Gasteiger partial charge in [-0.2, -0.15) is 0 Å². The van der Waals surface area contributed by atoms with Crippen molar-refractivity contribution >= 4 is 11.8 Å². The molecule has 1 rings (SSSR count). The van der Waals surface area contributed by atoms with E-state index in [-0.39, 0.29) is 5.78 Å². The van der Waals surface area contributed by atoms with Gasteiger partial charge in [-0.3, -0.25) is 9.59 Å². The van der Waals surface area contributed by atoms with Gasteiger partial charge in [0, 0.05) is 12.5 Å². The van der Waals surface area contributed by atoms with E-state index in [1.54, 1.807) is 39.2 Å². The molecule has 0 bridgehead atoms. The van der Waals surface area contributed by atoms with Crippen molar-refractivity contribution in [3.05, 3.63) is 29.3 Å². The Kier molecular flexibility index (Phi) is 4.11. The van der Waals surface area contributed by atoms with E-state index in [2.05, 4.69) is 0 Å². The number of aryl methyl sites for hydroxylation is 1. The van der Waals surface area contributed by atoms with Gasteiger partial charge in [-0.1, -0.05) is 0 Å². The molecule has 0 aromatic heterocycles. The van der Waals surface area contributed by atoms with Crippen LogP contribution in [0.2, 0.25) is 0 Å². The number of hydrogen-bond acceptors (Lipinski definition) is 4. The maximum atomic E-state index is 12.2. The third-order valence-corrected chi connectivity index (χ3v) is 2.60. The van der Waals surface area contributed by atoms with Crippen molar-refractivity contribution in [1.29, 1.82) is 0 Å². The molecule has 0 heterocycles. The number of hydrogen-bond donors (Lipinski definition) is 0. The molecule has 0 aliphatic heterocycles. The molecule has 0 saturated carbocycles. The summed E-state index contributed by atoms with van der Waals surface area (Å²) >= 11 is 0. The van der Waals surface area contributed by atoms with Crippen LogP contribution in [0.4, 0.5) is 0 Å². The van der Waals surface area contributed by atoms with Crippen molar-refractivity contribution in [2.24, 2.45) is 0 Å². The summed E-state index contributed by atoms with van der Waals surface area (Å²) in [6, 6.07) is 5.12. The predicted molar refractivity (Wildman–Crippen MR) is 67.9 cm³/mol. The Morgan fingerprint density at radius 1 is 1.22 bits per heavy atom. The summed E-state index contributed by atoms with van der Waals surface area (Å²) in [5.74, 6) is 0.0129. The molecule has 0 amide bonds. The molecule has 0 atom stereocenters. The Labute approximate surface area is 107 Å². The van der Waals surface area contributed by atoms with E-state index in [0.29, 0.717) is 5.56 Å². The summed E-state index contributed by atoms with van der Waals surface area (Å²) in [5.41, 5.74) is 0.203. The van der Waals surface area contributed by atoms with E-state index in [9.17, 15) is 9.59 Å². The number of rotatable bonds is 4. The molecule has 0 spiro atoms. The van der Waals surface area contributed by atoms with Crippen molar-refractivity contribution in [2.45, 2.75) is 33.3 Å². The second kappa shape index (κ2) is 5.21. The first kappa shape index (κ1) is 14.2. The van der Waals surface area contributed by atoms with Crippen LogP contribution in [0.3, 0.4) is 0 Å². The van der Waals surface area contributed by atoms with Crippen LogP contribution in [-0.2, 0) is 9.53 Å². The van der Waals surface area contributed by atoms with Gasteiger partial charge in [0.25, 0.3) is 0 Å². The third kappa shape index (κ3) is 3.09. The summed E-state index contributed by atoms with van der Waals surface area (Å²) in [6.07, 6.45) is 0. The van der Waals surface area contributed by atoms with Gasteiger partial charge in [0.15, 0.2) is 5.60 Å². The average Bonchev–Trinajstić information content (AvgIpc) is 2.26.